The Morgan fingerprint density at radius 1 is 1.04 bits per heavy atom. The number of hydrogen-bond donors (Lipinski definition) is 4. The number of halogens is 2. The van der Waals surface area contributed by atoms with Crippen LogP contribution >= 0.6 is 23.2 Å². The smallest absolute Gasteiger partial charge is 0.307 e. The summed E-state index contributed by atoms with van der Waals surface area (Å²) in [6, 6.07) is 18.2. The number of carboxylic acids is 1. The summed E-state index contributed by atoms with van der Waals surface area (Å²) < 4.78 is 7.94. The van der Waals surface area contributed by atoms with E-state index in [2.05, 4.69) is 26.7 Å². The van der Waals surface area contributed by atoms with Crippen LogP contribution in [0.4, 0.5) is 5.69 Å². The summed E-state index contributed by atoms with van der Waals surface area (Å²) in [5.41, 5.74) is 5.18. The first-order chi connectivity index (χ1) is 24.2. The van der Waals surface area contributed by atoms with Crippen molar-refractivity contribution < 1.29 is 24.2 Å². The van der Waals surface area contributed by atoms with Gasteiger partial charge in [-0.15, -0.1) is 0 Å². The first-order valence-corrected chi connectivity index (χ1v) is 17.1. The zero-order chi connectivity index (χ0) is 34.9. The number of carbonyl (C=O) groups is 2. The SMILES string of the molecule is N#Cc1cc(CN2CC[C@@H](C(=O)O)C2)cc2nc(-c3cccc(-c4cccc(NC(=O)c5cc6n(n5)CCCC6NCCO)c4Cl)c3Cl)oc12. The second-order valence-electron chi connectivity index (χ2n) is 12.5. The molecule has 12 nitrogen and oxygen atoms in total. The Morgan fingerprint density at radius 3 is 2.58 bits per heavy atom. The number of aromatic nitrogens is 3. The fourth-order valence-corrected chi connectivity index (χ4v) is 7.37. The van der Waals surface area contributed by atoms with E-state index < -0.39 is 17.8 Å². The number of aliphatic hydroxyl groups is 1. The van der Waals surface area contributed by atoms with Gasteiger partial charge >= 0.3 is 5.97 Å². The highest BCUT2D eigenvalue weighted by Crippen LogP contribution is 2.42. The van der Waals surface area contributed by atoms with Crippen LogP contribution in [0.25, 0.3) is 33.7 Å². The van der Waals surface area contributed by atoms with Crippen LogP contribution in [0.3, 0.4) is 0 Å². The van der Waals surface area contributed by atoms with Crippen LogP contribution in [-0.2, 0) is 17.9 Å². The van der Waals surface area contributed by atoms with Gasteiger partial charge in [0.1, 0.15) is 11.6 Å². The summed E-state index contributed by atoms with van der Waals surface area (Å²) in [5, 5.41) is 39.9. The number of nitriles is 1. The number of oxazole rings is 1. The second-order valence-corrected chi connectivity index (χ2v) is 13.3. The molecule has 3 aromatic carbocycles. The number of amides is 1. The number of rotatable bonds is 10. The van der Waals surface area contributed by atoms with Crippen molar-refractivity contribution in [2.75, 3.05) is 31.6 Å². The maximum atomic E-state index is 13.4. The summed E-state index contributed by atoms with van der Waals surface area (Å²) in [7, 11) is 0. The summed E-state index contributed by atoms with van der Waals surface area (Å²) in [4.78, 5) is 31.5. The van der Waals surface area contributed by atoms with E-state index in [4.69, 9.17) is 32.6 Å². The molecule has 1 amide bonds. The van der Waals surface area contributed by atoms with E-state index in [0.717, 1.165) is 24.1 Å². The van der Waals surface area contributed by atoms with Crippen molar-refractivity contribution in [1.82, 2.24) is 25.0 Å². The number of aliphatic carboxylic acids is 1. The number of carboxylic acid groups (broad SMARTS) is 1. The lowest BCUT2D eigenvalue weighted by Crippen LogP contribution is -2.29. The minimum Gasteiger partial charge on any atom is -0.481 e. The van der Waals surface area contributed by atoms with Gasteiger partial charge in [-0.25, -0.2) is 4.98 Å². The van der Waals surface area contributed by atoms with Crippen molar-refractivity contribution >= 4 is 51.9 Å². The first kappa shape index (κ1) is 33.7. The zero-order valence-corrected chi connectivity index (χ0v) is 28.3. The maximum absolute atomic E-state index is 13.4. The standard InChI is InChI=1S/C36H33Cl2N7O5/c37-31-23(24-5-2-7-27(32(24)38)41-34(47)29-16-30-26(40-10-13-46)8-3-11-45(30)43-29)4-1-6-25(31)35-42-28-15-20(14-22(17-39)33(28)50-35)18-44-12-9-21(19-44)36(48)49/h1-2,4-7,14-16,21,26,40,46H,3,8-13,18-19H2,(H,41,47)(H,48,49)/t21-,26?/m1/s1. The van der Waals surface area contributed by atoms with Gasteiger partial charge in [-0.2, -0.15) is 10.4 Å². The second kappa shape index (κ2) is 14.2. The number of hydrogen-bond acceptors (Lipinski definition) is 9. The monoisotopic (exact) mass is 713 g/mol. The molecule has 1 fully saturated rings. The molecule has 50 heavy (non-hydrogen) atoms. The molecule has 0 bridgehead atoms. The van der Waals surface area contributed by atoms with E-state index in [1.165, 1.54) is 0 Å². The number of aryl methyl sites for hydroxylation is 1. The highest BCUT2D eigenvalue weighted by Gasteiger charge is 2.29. The number of likely N-dealkylation sites (tertiary alicyclic amines) is 1. The van der Waals surface area contributed by atoms with E-state index >= 15 is 0 Å². The van der Waals surface area contributed by atoms with Gasteiger partial charge < -0.3 is 25.3 Å². The van der Waals surface area contributed by atoms with Crippen LogP contribution in [0.5, 0.6) is 0 Å². The van der Waals surface area contributed by atoms with Gasteiger partial charge in [0.2, 0.25) is 5.89 Å². The zero-order valence-electron chi connectivity index (χ0n) is 26.8. The van der Waals surface area contributed by atoms with Gasteiger partial charge in [0, 0.05) is 43.3 Å². The largest absolute Gasteiger partial charge is 0.481 e. The molecule has 4 heterocycles. The summed E-state index contributed by atoms with van der Waals surface area (Å²) in [6.45, 7) is 2.78. The Balaban J connectivity index is 1.14. The molecule has 7 rings (SSSR count). The van der Waals surface area contributed by atoms with Gasteiger partial charge in [-0.05, 0) is 61.7 Å². The molecule has 2 aromatic heterocycles. The molecule has 0 aliphatic carbocycles. The van der Waals surface area contributed by atoms with E-state index in [1.807, 2.05) is 16.8 Å². The fourth-order valence-electron chi connectivity index (χ4n) is 6.78. The third-order valence-corrected chi connectivity index (χ3v) is 10.0. The molecular weight excluding hydrogens is 681 g/mol. The van der Waals surface area contributed by atoms with E-state index in [1.54, 1.807) is 42.5 Å². The molecule has 4 N–H and O–H groups in total. The van der Waals surface area contributed by atoms with Crippen molar-refractivity contribution in [1.29, 1.82) is 5.26 Å². The predicted molar refractivity (Wildman–Crippen MR) is 188 cm³/mol. The number of fused-ring (bicyclic) bond motifs is 2. The summed E-state index contributed by atoms with van der Waals surface area (Å²) in [6.07, 6.45) is 2.38. The Bertz CT molecular complexity index is 2160. The maximum Gasteiger partial charge on any atom is 0.307 e. The first-order valence-electron chi connectivity index (χ1n) is 16.3. The average molecular weight is 715 g/mol. The quantitative estimate of drug-likeness (QED) is 0.132. The minimum atomic E-state index is -0.798. The van der Waals surface area contributed by atoms with Crippen molar-refractivity contribution in [2.45, 2.75) is 38.4 Å². The predicted octanol–water partition coefficient (Wildman–Crippen LogP) is 6.11. The minimum absolute atomic E-state index is 0.00423. The molecule has 14 heteroatoms. The Hall–Kier alpha value is -4.77. The van der Waals surface area contributed by atoms with Crippen LogP contribution in [0.15, 0.2) is 59.0 Å². The van der Waals surface area contributed by atoms with Gasteiger partial charge in [-0.3, -0.25) is 19.2 Å². The Morgan fingerprint density at radius 2 is 1.82 bits per heavy atom. The van der Waals surface area contributed by atoms with Gasteiger partial charge in [0.05, 0.1) is 45.1 Å². The average Bonchev–Trinajstić information content (AvgIpc) is 3.87. The molecule has 2 atom stereocenters. The van der Waals surface area contributed by atoms with Crippen LogP contribution < -0.4 is 10.6 Å². The lowest BCUT2D eigenvalue weighted by atomic mass is 10.0. The number of nitrogens with one attached hydrogen (secondary N) is 2. The summed E-state index contributed by atoms with van der Waals surface area (Å²) in [5.74, 6) is -1.38. The van der Waals surface area contributed by atoms with E-state index in [-0.39, 0.29) is 29.3 Å². The molecule has 2 aliphatic heterocycles. The molecule has 5 aromatic rings. The van der Waals surface area contributed by atoms with E-state index in [0.29, 0.717) is 83.2 Å². The van der Waals surface area contributed by atoms with Gasteiger partial charge in [0.25, 0.3) is 5.91 Å². The highest BCUT2D eigenvalue weighted by atomic mass is 35.5. The number of benzene rings is 3. The number of carbonyl (C=O) groups excluding carboxylic acids is 1. The van der Waals surface area contributed by atoms with Crippen LogP contribution in [0, 0.1) is 17.2 Å². The van der Waals surface area contributed by atoms with Crippen LogP contribution in [0.2, 0.25) is 10.0 Å². The highest BCUT2D eigenvalue weighted by molar-refractivity contribution is 6.39. The lowest BCUT2D eigenvalue weighted by molar-refractivity contribution is -0.141. The van der Waals surface area contributed by atoms with Crippen molar-refractivity contribution in [2.24, 2.45) is 5.92 Å². The van der Waals surface area contributed by atoms with Crippen molar-refractivity contribution in [3.05, 3.63) is 87.2 Å². The molecule has 0 spiro atoms. The Labute approximate surface area is 297 Å². The fraction of sp³-hybridized carbons (Fsp3) is 0.306. The molecular formula is C36H33Cl2N7O5. The van der Waals surface area contributed by atoms with Crippen LogP contribution in [0.1, 0.15) is 52.6 Å². The number of nitrogens with zero attached hydrogens (tertiary/aromatic N) is 5. The number of anilines is 1. The van der Waals surface area contributed by atoms with Gasteiger partial charge in [0.15, 0.2) is 11.3 Å². The lowest BCUT2D eigenvalue weighted by Gasteiger charge is -2.24. The topological polar surface area (TPSA) is 170 Å². The van der Waals surface area contributed by atoms with Crippen molar-refractivity contribution in [3.8, 4) is 28.7 Å². The third kappa shape index (κ3) is 6.58. The van der Waals surface area contributed by atoms with Gasteiger partial charge in [-0.1, -0.05) is 47.5 Å². The molecule has 0 radical (unpaired) electrons. The third-order valence-electron chi connectivity index (χ3n) is 9.23. The molecule has 256 valence electrons. The van der Waals surface area contributed by atoms with Crippen LogP contribution in [-0.4, -0.2) is 68.0 Å². The number of aliphatic hydroxyl groups excluding tert-OH is 1. The molecule has 1 unspecified atom stereocenters. The van der Waals surface area contributed by atoms with Crippen molar-refractivity contribution in [3.63, 3.8) is 0 Å². The molecule has 2 aliphatic rings. The molecule has 1 saturated heterocycles. The molecule has 0 saturated carbocycles. The van der Waals surface area contributed by atoms with E-state index in [9.17, 15) is 25.1 Å². The normalized spacial score (nSPS) is 17.5. The summed E-state index contributed by atoms with van der Waals surface area (Å²) >= 11 is 13.9. The Kier molecular flexibility index (Phi) is 9.59.